The van der Waals surface area contributed by atoms with Crippen LogP contribution >= 0.6 is 0 Å². The van der Waals surface area contributed by atoms with Crippen LogP contribution in [0.3, 0.4) is 0 Å². The molecule has 23 heavy (non-hydrogen) atoms. The van der Waals surface area contributed by atoms with Gasteiger partial charge in [-0.15, -0.1) is 0 Å². The molecule has 0 saturated heterocycles. The van der Waals surface area contributed by atoms with Crippen molar-refractivity contribution in [2.75, 3.05) is 6.61 Å². The third-order valence-corrected chi connectivity index (χ3v) is 4.75. The number of ether oxygens (including phenoxy) is 1. The Morgan fingerprint density at radius 1 is 1.30 bits per heavy atom. The summed E-state index contributed by atoms with van der Waals surface area (Å²) in [6.45, 7) is 7.61. The molecule has 1 aromatic carbocycles. The molecule has 0 saturated carbocycles. The molecule has 2 aliphatic carbocycles. The maximum Gasteiger partial charge on any atom is 0.167 e. The van der Waals surface area contributed by atoms with Crippen molar-refractivity contribution in [2.45, 2.75) is 33.6 Å². The summed E-state index contributed by atoms with van der Waals surface area (Å²) < 4.78 is 5.47. The van der Waals surface area contributed by atoms with E-state index in [1.54, 1.807) is 18.2 Å². The SMILES string of the molecule is CCOc1cc2c(cc1O)C(C)=C1C(C)=CC(=O)[C@@H](C(C)=O)[C@@H]12. The molecular weight excluding hydrogens is 292 g/mol. The van der Waals surface area contributed by atoms with E-state index in [1.807, 2.05) is 20.8 Å². The molecule has 0 bridgehead atoms. The van der Waals surface area contributed by atoms with E-state index in [9.17, 15) is 14.7 Å². The number of rotatable bonds is 3. The van der Waals surface area contributed by atoms with Gasteiger partial charge in [0, 0.05) is 5.92 Å². The fourth-order valence-electron chi connectivity index (χ4n) is 3.84. The second-order valence-electron chi connectivity index (χ2n) is 6.17. The van der Waals surface area contributed by atoms with Gasteiger partial charge in [0.2, 0.25) is 0 Å². The Labute approximate surface area is 135 Å². The summed E-state index contributed by atoms with van der Waals surface area (Å²) in [4.78, 5) is 24.5. The summed E-state index contributed by atoms with van der Waals surface area (Å²) in [7, 11) is 0. The van der Waals surface area contributed by atoms with Crippen molar-refractivity contribution in [2.24, 2.45) is 5.92 Å². The number of hydrogen-bond donors (Lipinski definition) is 1. The lowest BCUT2D eigenvalue weighted by atomic mass is 9.72. The van der Waals surface area contributed by atoms with Crippen LogP contribution in [0.4, 0.5) is 0 Å². The lowest BCUT2D eigenvalue weighted by Crippen LogP contribution is -2.31. The lowest BCUT2D eigenvalue weighted by Gasteiger charge is -2.28. The number of fused-ring (bicyclic) bond motifs is 3. The standard InChI is InChI=1S/C19H20O4/c1-5-23-16-8-13-12(7-14(16)21)10(3)17-9(2)6-15(22)18(11(4)20)19(13)17/h6-8,18-19,21H,5H2,1-4H3/t18-,19-/m1/s1. The third-order valence-electron chi connectivity index (χ3n) is 4.75. The first-order chi connectivity index (χ1) is 10.9. The van der Waals surface area contributed by atoms with Gasteiger partial charge in [-0.1, -0.05) is 0 Å². The van der Waals surface area contributed by atoms with Gasteiger partial charge in [0.1, 0.15) is 5.78 Å². The highest BCUT2D eigenvalue weighted by atomic mass is 16.5. The van der Waals surface area contributed by atoms with E-state index in [0.29, 0.717) is 12.4 Å². The average Bonchev–Trinajstić information content (AvgIpc) is 2.73. The molecule has 0 aromatic heterocycles. The van der Waals surface area contributed by atoms with Gasteiger partial charge in [-0.05, 0) is 73.7 Å². The van der Waals surface area contributed by atoms with Gasteiger partial charge < -0.3 is 9.84 Å². The summed E-state index contributed by atoms with van der Waals surface area (Å²) in [5.74, 6) is -0.772. The quantitative estimate of drug-likeness (QED) is 0.869. The molecule has 2 atom stereocenters. The van der Waals surface area contributed by atoms with Crippen molar-refractivity contribution < 1.29 is 19.4 Å². The van der Waals surface area contributed by atoms with Gasteiger partial charge in [-0.3, -0.25) is 9.59 Å². The van der Waals surface area contributed by atoms with E-state index >= 15 is 0 Å². The van der Waals surface area contributed by atoms with E-state index in [0.717, 1.165) is 27.8 Å². The minimum absolute atomic E-state index is 0.0801. The van der Waals surface area contributed by atoms with Gasteiger partial charge in [-0.25, -0.2) is 0 Å². The molecule has 120 valence electrons. The molecule has 0 fully saturated rings. The summed E-state index contributed by atoms with van der Waals surface area (Å²) >= 11 is 0. The second kappa shape index (κ2) is 5.37. The smallest absolute Gasteiger partial charge is 0.167 e. The molecule has 0 spiro atoms. The molecule has 0 unspecified atom stereocenters. The van der Waals surface area contributed by atoms with Crippen LogP contribution in [0, 0.1) is 5.92 Å². The van der Waals surface area contributed by atoms with Crippen LogP contribution in [0.25, 0.3) is 5.57 Å². The monoisotopic (exact) mass is 312 g/mol. The molecule has 2 aliphatic rings. The number of carbonyl (C=O) groups is 2. The zero-order valence-electron chi connectivity index (χ0n) is 13.8. The van der Waals surface area contributed by atoms with Gasteiger partial charge in [0.05, 0.1) is 12.5 Å². The van der Waals surface area contributed by atoms with Crippen LogP contribution in [0.2, 0.25) is 0 Å². The van der Waals surface area contributed by atoms with Crippen LogP contribution in [0.5, 0.6) is 11.5 Å². The topological polar surface area (TPSA) is 63.6 Å². The predicted molar refractivity (Wildman–Crippen MR) is 87.5 cm³/mol. The zero-order chi connectivity index (χ0) is 16.9. The fraction of sp³-hybridized carbons (Fsp3) is 0.368. The number of hydrogen-bond acceptors (Lipinski definition) is 4. The Morgan fingerprint density at radius 3 is 2.61 bits per heavy atom. The van der Waals surface area contributed by atoms with E-state index in [1.165, 1.54) is 6.92 Å². The van der Waals surface area contributed by atoms with Gasteiger partial charge >= 0.3 is 0 Å². The predicted octanol–water partition coefficient (Wildman–Crippen LogP) is 3.40. The second-order valence-corrected chi connectivity index (χ2v) is 6.17. The Kier molecular flexibility index (Phi) is 3.63. The highest BCUT2D eigenvalue weighted by Gasteiger charge is 2.44. The van der Waals surface area contributed by atoms with E-state index in [-0.39, 0.29) is 23.2 Å². The lowest BCUT2D eigenvalue weighted by molar-refractivity contribution is -0.129. The molecule has 4 nitrogen and oxygen atoms in total. The Balaban J connectivity index is 2.25. The van der Waals surface area contributed by atoms with Gasteiger partial charge in [0.15, 0.2) is 17.3 Å². The Bertz CT molecular complexity index is 783. The van der Waals surface area contributed by atoms with Crippen LogP contribution in [0.1, 0.15) is 44.7 Å². The highest BCUT2D eigenvalue weighted by molar-refractivity contribution is 6.11. The van der Waals surface area contributed by atoms with E-state index < -0.39 is 5.92 Å². The average molecular weight is 312 g/mol. The molecule has 1 N–H and O–H groups in total. The molecule has 4 heteroatoms. The molecule has 3 rings (SSSR count). The summed E-state index contributed by atoms with van der Waals surface area (Å²) in [5, 5.41) is 10.2. The van der Waals surface area contributed by atoms with Crippen molar-refractivity contribution in [3.63, 3.8) is 0 Å². The number of Topliss-reactive ketones (excluding diaryl/α,β-unsaturated/α-hetero) is 1. The zero-order valence-corrected chi connectivity index (χ0v) is 13.8. The largest absolute Gasteiger partial charge is 0.504 e. The summed E-state index contributed by atoms with van der Waals surface area (Å²) in [5.41, 5.74) is 4.70. The molecule has 0 aliphatic heterocycles. The molecule has 1 aromatic rings. The Hall–Kier alpha value is -2.36. The van der Waals surface area contributed by atoms with Crippen molar-refractivity contribution >= 4 is 17.1 Å². The van der Waals surface area contributed by atoms with Crippen LogP contribution in [0.15, 0.2) is 29.4 Å². The van der Waals surface area contributed by atoms with E-state index in [4.69, 9.17) is 4.74 Å². The summed E-state index contributed by atoms with van der Waals surface area (Å²) in [6.07, 6.45) is 1.57. The Morgan fingerprint density at radius 2 is 2.00 bits per heavy atom. The first-order valence-corrected chi connectivity index (χ1v) is 7.80. The van der Waals surface area contributed by atoms with Crippen molar-refractivity contribution in [3.05, 3.63) is 40.5 Å². The van der Waals surface area contributed by atoms with Crippen molar-refractivity contribution in [1.29, 1.82) is 0 Å². The number of benzene rings is 1. The maximum absolute atomic E-state index is 12.4. The highest BCUT2D eigenvalue weighted by Crippen LogP contribution is 2.53. The number of aromatic hydroxyl groups is 1. The maximum atomic E-state index is 12.4. The normalized spacial score (nSPS) is 22.6. The fourth-order valence-corrected chi connectivity index (χ4v) is 3.84. The van der Waals surface area contributed by atoms with Crippen molar-refractivity contribution in [1.82, 2.24) is 0 Å². The molecule has 0 radical (unpaired) electrons. The molecule has 0 amide bonds. The van der Waals surface area contributed by atoms with Gasteiger partial charge in [0.25, 0.3) is 0 Å². The van der Waals surface area contributed by atoms with Crippen LogP contribution < -0.4 is 4.74 Å². The number of carbonyl (C=O) groups excluding carboxylic acids is 2. The van der Waals surface area contributed by atoms with Crippen LogP contribution in [-0.2, 0) is 9.59 Å². The number of ketones is 2. The first kappa shape index (κ1) is 15.5. The third kappa shape index (κ3) is 2.21. The first-order valence-electron chi connectivity index (χ1n) is 7.80. The minimum Gasteiger partial charge on any atom is -0.504 e. The van der Waals surface area contributed by atoms with Crippen LogP contribution in [-0.4, -0.2) is 23.3 Å². The number of allylic oxidation sites excluding steroid dienone is 4. The minimum atomic E-state index is -0.691. The van der Waals surface area contributed by atoms with Crippen molar-refractivity contribution in [3.8, 4) is 11.5 Å². The number of phenols is 1. The molecular formula is C19H20O4. The van der Waals surface area contributed by atoms with Gasteiger partial charge in [-0.2, -0.15) is 0 Å². The van der Waals surface area contributed by atoms with E-state index in [2.05, 4.69) is 0 Å². The summed E-state index contributed by atoms with van der Waals surface area (Å²) in [6, 6.07) is 3.45. The number of phenolic OH excluding ortho intramolecular Hbond substituents is 1. The molecule has 0 heterocycles.